The molecule has 3 N–H and O–H groups in total. The van der Waals surface area contributed by atoms with Crippen LogP contribution in [0.4, 0.5) is 18.0 Å². The van der Waals surface area contributed by atoms with Crippen molar-refractivity contribution in [2.45, 2.75) is 44.4 Å². The molecule has 7 nitrogen and oxygen atoms in total. The molecule has 182 valence electrons. The van der Waals surface area contributed by atoms with Gasteiger partial charge in [0.2, 0.25) is 5.91 Å². The van der Waals surface area contributed by atoms with Gasteiger partial charge >= 0.3 is 18.2 Å². The Morgan fingerprint density at radius 1 is 0.971 bits per heavy atom. The average Bonchev–Trinajstić information content (AvgIpc) is 3.08. The Bertz CT molecular complexity index is 1030. The van der Waals surface area contributed by atoms with Crippen LogP contribution in [0, 0.1) is 5.92 Å². The highest BCUT2D eigenvalue weighted by molar-refractivity contribution is 5.84. The molecule has 2 aromatic rings. The lowest BCUT2D eigenvalue weighted by Crippen LogP contribution is -2.51. The summed E-state index contributed by atoms with van der Waals surface area (Å²) in [5.41, 5.74) is 3.73. The zero-order valence-electron chi connectivity index (χ0n) is 18.6. The fraction of sp³-hybridized carbons (Fsp3) is 0.375. The first-order chi connectivity index (χ1) is 16.0. The predicted molar refractivity (Wildman–Crippen MR) is 117 cm³/mol. The smallest absolute Gasteiger partial charge is 0.409 e. The molecule has 2 unspecified atom stereocenters. The van der Waals surface area contributed by atoms with Gasteiger partial charge in [0.1, 0.15) is 18.7 Å². The Morgan fingerprint density at radius 3 is 1.97 bits per heavy atom. The molecule has 34 heavy (non-hydrogen) atoms. The van der Waals surface area contributed by atoms with Crippen molar-refractivity contribution in [1.82, 2.24) is 10.6 Å². The van der Waals surface area contributed by atoms with Gasteiger partial charge in [0.05, 0.1) is 6.42 Å². The fourth-order valence-electron chi connectivity index (χ4n) is 3.96. The maximum absolute atomic E-state index is 13.5. The molecule has 0 fully saturated rings. The Labute approximate surface area is 194 Å². The normalized spacial score (nSPS) is 14.6. The number of fused-ring (bicyclic) bond motifs is 3. The summed E-state index contributed by atoms with van der Waals surface area (Å²) in [4.78, 5) is 35.5. The maximum atomic E-state index is 13.5. The van der Waals surface area contributed by atoms with Gasteiger partial charge in [-0.15, -0.1) is 0 Å². The molecule has 0 aromatic heterocycles. The van der Waals surface area contributed by atoms with Crippen LogP contribution in [0.25, 0.3) is 11.1 Å². The van der Waals surface area contributed by atoms with Crippen LogP contribution in [0.5, 0.6) is 0 Å². The molecule has 0 spiro atoms. The van der Waals surface area contributed by atoms with E-state index in [1.165, 1.54) is 13.8 Å². The molecule has 1 aliphatic carbocycles. The molecular formula is C24H25F3N2O5. The molecule has 0 saturated carbocycles. The number of carboxylic acids is 1. The van der Waals surface area contributed by atoms with Gasteiger partial charge in [-0.1, -0.05) is 62.4 Å². The minimum Gasteiger partial charge on any atom is -0.480 e. The highest BCUT2D eigenvalue weighted by Crippen LogP contribution is 2.44. The van der Waals surface area contributed by atoms with Gasteiger partial charge in [0, 0.05) is 5.92 Å². The Balaban J connectivity index is 1.65. The summed E-state index contributed by atoms with van der Waals surface area (Å²) < 4.78 is 45.5. The van der Waals surface area contributed by atoms with E-state index < -0.39 is 48.6 Å². The quantitative estimate of drug-likeness (QED) is 0.531. The lowest BCUT2D eigenvalue weighted by atomic mass is 9.98. The van der Waals surface area contributed by atoms with Crippen LogP contribution in [0.15, 0.2) is 48.5 Å². The number of alkyl carbamates (subject to hydrolysis) is 1. The minimum atomic E-state index is -4.94. The van der Waals surface area contributed by atoms with E-state index in [0.717, 1.165) is 22.3 Å². The minimum absolute atomic E-state index is 0.189. The molecule has 0 heterocycles. The number of aliphatic carboxylic acids is 1. The molecule has 2 amide bonds. The fourth-order valence-corrected chi connectivity index (χ4v) is 3.96. The first-order valence-corrected chi connectivity index (χ1v) is 10.7. The monoisotopic (exact) mass is 478 g/mol. The molecule has 0 aliphatic heterocycles. The molecule has 10 heteroatoms. The standard InChI is InChI=1S/C24H25F3N2O5/c1-13(2)21(22(31)32)29-20(30)11-19(24(25,26)27)28-23(33)34-12-18-16-9-5-3-7-14(16)15-8-4-6-10-17(15)18/h3-10,13,18-19,21H,11-12H2,1-2H3,(H,28,33)(H,29,30)(H,31,32). The van der Waals surface area contributed by atoms with Crippen LogP contribution in [0.2, 0.25) is 0 Å². The highest BCUT2D eigenvalue weighted by Gasteiger charge is 2.43. The number of amides is 2. The third kappa shape index (κ3) is 5.67. The number of carbonyl (C=O) groups is 3. The van der Waals surface area contributed by atoms with Crippen LogP contribution in [0.1, 0.15) is 37.3 Å². The highest BCUT2D eigenvalue weighted by atomic mass is 19.4. The van der Waals surface area contributed by atoms with Crippen molar-refractivity contribution in [3.8, 4) is 11.1 Å². The number of rotatable bonds is 8. The van der Waals surface area contributed by atoms with Gasteiger partial charge in [-0.2, -0.15) is 13.2 Å². The van der Waals surface area contributed by atoms with E-state index >= 15 is 0 Å². The van der Waals surface area contributed by atoms with Crippen molar-refractivity contribution in [3.05, 3.63) is 59.7 Å². The largest absolute Gasteiger partial charge is 0.480 e. The van der Waals surface area contributed by atoms with Crippen molar-refractivity contribution >= 4 is 18.0 Å². The van der Waals surface area contributed by atoms with Crippen LogP contribution >= 0.6 is 0 Å². The number of nitrogens with one attached hydrogen (secondary N) is 2. The molecule has 0 bridgehead atoms. The van der Waals surface area contributed by atoms with Gasteiger partial charge in [0.25, 0.3) is 0 Å². The molecule has 0 radical (unpaired) electrons. The van der Waals surface area contributed by atoms with E-state index in [4.69, 9.17) is 9.84 Å². The zero-order valence-corrected chi connectivity index (χ0v) is 18.6. The van der Waals surface area contributed by atoms with Crippen LogP contribution < -0.4 is 10.6 Å². The second kappa shape index (κ2) is 10.1. The van der Waals surface area contributed by atoms with Gasteiger partial charge in [-0.3, -0.25) is 4.79 Å². The van der Waals surface area contributed by atoms with E-state index in [9.17, 15) is 27.6 Å². The van der Waals surface area contributed by atoms with Gasteiger partial charge in [-0.05, 0) is 28.2 Å². The third-order valence-electron chi connectivity index (χ3n) is 5.67. The summed E-state index contributed by atoms with van der Waals surface area (Å²) in [6, 6.07) is 11.1. The molecule has 1 aliphatic rings. The summed E-state index contributed by atoms with van der Waals surface area (Å²) >= 11 is 0. The average molecular weight is 478 g/mol. The van der Waals surface area contributed by atoms with E-state index in [2.05, 4.69) is 5.32 Å². The third-order valence-corrected chi connectivity index (χ3v) is 5.67. The van der Waals surface area contributed by atoms with E-state index in [1.54, 1.807) is 5.32 Å². The van der Waals surface area contributed by atoms with Crippen molar-refractivity contribution < 1.29 is 37.4 Å². The summed E-state index contributed by atoms with van der Waals surface area (Å²) in [5, 5.41) is 12.9. The number of alkyl halides is 3. The van der Waals surface area contributed by atoms with Crippen LogP contribution in [-0.2, 0) is 14.3 Å². The van der Waals surface area contributed by atoms with Gasteiger partial charge < -0.3 is 20.5 Å². The first-order valence-electron chi connectivity index (χ1n) is 10.7. The van der Waals surface area contributed by atoms with Crippen molar-refractivity contribution in [3.63, 3.8) is 0 Å². The van der Waals surface area contributed by atoms with E-state index in [0.29, 0.717) is 0 Å². The first kappa shape index (κ1) is 25.1. The number of hydrogen-bond acceptors (Lipinski definition) is 4. The number of carbonyl (C=O) groups excluding carboxylic acids is 2. The second-order valence-electron chi connectivity index (χ2n) is 8.40. The SMILES string of the molecule is CC(C)C(NC(=O)CC(NC(=O)OCC1c2ccccc2-c2ccccc21)C(F)(F)F)C(=O)O. The molecule has 0 saturated heterocycles. The van der Waals surface area contributed by atoms with Crippen LogP contribution in [-0.4, -0.2) is 47.9 Å². The molecule has 3 rings (SSSR count). The molecular weight excluding hydrogens is 453 g/mol. The number of ether oxygens (including phenoxy) is 1. The Kier molecular flexibility index (Phi) is 7.48. The Morgan fingerprint density at radius 2 is 1.50 bits per heavy atom. The summed E-state index contributed by atoms with van der Waals surface area (Å²) in [6.45, 7) is 2.83. The topological polar surface area (TPSA) is 105 Å². The predicted octanol–water partition coefficient (Wildman–Crippen LogP) is 4.07. The van der Waals surface area contributed by atoms with Crippen molar-refractivity contribution in [2.75, 3.05) is 6.61 Å². The Hall–Kier alpha value is -3.56. The number of halogens is 3. The van der Waals surface area contributed by atoms with E-state index in [1.807, 2.05) is 48.5 Å². The van der Waals surface area contributed by atoms with Crippen molar-refractivity contribution in [1.29, 1.82) is 0 Å². The lowest BCUT2D eigenvalue weighted by molar-refractivity contribution is -0.161. The van der Waals surface area contributed by atoms with Crippen LogP contribution in [0.3, 0.4) is 0 Å². The van der Waals surface area contributed by atoms with Gasteiger partial charge in [0.15, 0.2) is 0 Å². The second-order valence-corrected chi connectivity index (χ2v) is 8.40. The number of hydrogen-bond donors (Lipinski definition) is 3. The number of carboxylic acid groups (broad SMARTS) is 1. The maximum Gasteiger partial charge on any atom is 0.409 e. The summed E-state index contributed by atoms with van der Waals surface area (Å²) in [6.07, 6.45) is -7.44. The molecule has 2 atom stereocenters. The lowest BCUT2D eigenvalue weighted by Gasteiger charge is -2.23. The van der Waals surface area contributed by atoms with E-state index in [-0.39, 0.29) is 12.5 Å². The summed E-state index contributed by atoms with van der Waals surface area (Å²) in [5.74, 6) is -3.40. The van der Waals surface area contributed by atoms with Gasteiger partial charge in [-0.25, -0.2) is 9.59 Å². The number of benzene rings is 2. The molecule has 2 aromatic carbocycles. The zero-order chi connectivity index (χ0) is 25.0. The van der Waals surface area contributed by atoms with Crippen molar-refractivity contribution in [2.24, 2.45) is 5.92 Å². The summed E-state index contributed by atoms with van der Waals surface area (Å²) in [7, 11) is 0.